The molecule has 0 saturated carbocycles. The van der Waals surface area contributed by atoms with Gasteiger partial charge in [-0.2, -0.15) is 0 Å². The van der Waals surface area contributed by atoms with Gasteiger partial charge in [0.15, 0.2) is 0 Å². The fourth-order valence-corrected chi connectivity index (χ4v) is 2.03. The molecule has 0 aliphatic carbocycles. The number of rotatable bonds is 7. The largest absolute Gasteiger partial charge is 0.480 e. The lowest BCUT2D eigenvalue weighted by atomic mass is 10.2. The zero-order valence-electron chi connectivity index (χ0n) is 10.5. The summed E-state index contributed by atoms with van der Waals surface area (Å²) in [5.41, 5.74) is 0. The van der Waals surface area contributed by atoms with Crippen LogP contribution in [0.2, 0.25) is 0 Å². The molecule has 0 spiro atoms. The number of amides is 2. The van der Waals surface area contributed by atoms with Gasteiger partial charge in [-0.05, 0) is 6.42 Å². The third-order valence-electron chi connectivity index (χ3n) is 2.78. The summed E-state index contributed by atoms with van der Waals surface area (Å²) in [6, 6.07) is -0.994. The Morgan fingerprint density at radius 1 is 1.26 bits per heavy atom. The average Bonchev–Trinajstić information content (AvgIpc) is 2.55. The monoisotopic (exact) mass is 272 g/mol. The molecule has 1 rings (SSSR count). The van der Waals surface area contributed by atoms with Crippen molar-refractivity contribution in [3.8, 4) is 0 Å². The normalized spacial score (nSPS) is 19.3. The molecule has 0 radical (unpaired) electrons. The highest BCUT2D eigenvalue weighted by atomic mass is 16.4. The minimum Gasteiger partial charge on any atom is -0.480 e. The molecule has 19 heavy (non-hydrogen) atoms. The molecular weight excluding hydrogens is 256 g/mol. The van der Waals surface area contributed by atoms with E-state index in [1.54, 1.807) is 6.92 Å². The first-order valence-electron chi connectivity index (χ1n) is 5.88. The summed E-state index contributed by atoms with van der Waals surface area (Å²) in [5.74, 6) is -3.39. The maximum Gasteiger partial charge on any atom is 0.317 e. The van der Waals surface area contributed by atoms with Crippen LogP contribution in [0.15, 0.2) is 0 Å². The maximum absolute atomic E-state index is 12.0. The Morgan fingerprint density at radius 2 is 1.79 bits per heavy atom. The van der Waals surface area contributed by atoms with Crippen molar-refractivity contribution in [2.75, 3.05) is 19.6 Å². The maximum atomic E-state index is 12.0. The molecule has 1 saturated heterocycles. The number of carbonyl (C=O) groups excluding carboxylic acids is 2. The standard InChI is InChI=1S/C11H16N2O6/c1-2-3-13-8(14)4-7(11(13)19)12(5-9(15)16)6-10(17)18/h7H,2-6H2,1H3,(H,15,16)(H,17,18). The lowest BCUT2D eigenvalue weighted by molar-refractivity contribution is -0.144. The van der Waals surface area contributed by atoms with Crippen LogP contribution in [0.1, 0.15) is 19.8 Å². The van der Waals surface area contributed by atoms with Gasteiger partial charge in [-0.3, -0.25) is 29.0 Å². The van der Waals surface area contributed by atoms with Gasteiger partial charge in [0.25, 0.3) is 0 Å². The van der Waals surface area contributed by atoms with Crippen molar-refractivity contribution in [2.45, 2.75) is 25.8 Å². The SMILES string of the molecule is CCCN1C(=O)CC(N(CC(=O)O)CC(=O)O)C1=O. The minimum atomic E-state index is -1.24. The smallest absolute Gasteiger partial charge is 0.317 e. The van der Waals surface area contributed by atoms with Crippen molar-refractivity contribution >= 4 is 23.8 Å². The van der Waals surface area contributed by atoms with Crippen LogP contribution in [0.25, 0.3) is 0 Å². The van der Waals surface area contributed by atoms with E-state index in [0.29, 0.717) is 6.42 Å². The van der Waals surface area contributed by atoms with Gasteiger partial charge in [-0.1, -0.05) is 6.92 Å². The van der Waals surface area contributed by atoms with Crippen LogP contribution in [0, 0.1) is 0 Å². The fourth-order valence-electron chi connectivity index (χ4n) is 2.03. The van der Waals surface area contributed by atoms with Gasteiger partial charge in [0.1, 0.15) is 0 Å². The highest BCUT2D eigenvalue weighted by Gasteiger charge is 2.42. The Hall–Kier alpha value is -1.96. The van der Waals surface area contributed by atoms with Crippen molar-refractivity contribution < 1.29 is 29.4 Å². The Labute approximate surface area is 109 Å². The number of likely N-dealkylation sites (tertiary alicyclic amines) is 1. The first kappa shape index (κ1) is 15.1. The third-order valence-corrected chi connectivity index (χ3v) is 2.78. The molecule has 1 unspecified atom stereocenters. The molecule has 8 nitrogen and oxygen atoms in total. The Morgan fingerprint density at radius 3 is 2.21 bits per heavy atom. The lowest BCUT2D eigenvalue weighted by Crippen LogP contribution is -2.46. The number of imide groups is 1. The molecule has 8 heteroatoms. The summed E-state index contributed by atoms with van der Waals surface area (Å²) in [5, 5.41) is 17.5. The molecule has 1 heterocycles. The van der Waals surface area contributed by atoms with E-state index >= 15 is 0 Å². The molecular formula is C11H16N2O6. The van der Waals surface area contributed by atoms with Crippen molar-refractivity contribution in [2.24, 2.45) is 0 Å². The van der Waals surface area contributed by atoms with E-state index in [-0.39, 0.29) is 13.0 Å². The molecule has 1 fully saturated rings. The molecule has 2 N–H and O–H groups in total. The lowest BCUT2D eigenvalue weighted by Gasteiger charge is -2.23. The van der Waals surface area contributed by atoms with Crippen LogP contribution in [0.3, 0.4) is 0 Å². The van der Waals surface area contributed by atoms with Gasteiger partial charge >= 0.3 is 11.9 Å². The van der Waals surface area contributed by atoms with Gasteiger partial charge < -0.3 is 10.2 Å². The number of carbonyl (C=O) groups is 4. The molecule has 1 atom stereocenters. The van der Waals surface area contributed by atoms with Gasteiger partial charge in [-0.15, -0.1) is 0 Å². The van der Waals surface area contributed by atoms with Crippen molar-refractivity contribution in [1.29, 1.82) is 0 Å². The summed E-state index contributed by atoms with van der Waals surface area (Å²) in [6.45, 7) is 0.897. The number of nitrogens with zero attached hydrogens (tertiary/aromatic N) is 2. The van der Waals surface area contributed by atoms with Crippen LogP contribution >= 0.6 is 0 Å². The molecule has 0 bridgehead atoms. The number of carboxylic acids is 2. The summed E-state index contributed by atoms with van der Waals surface area (Å²) < 4.78 is 0. The minimum absolute atomic E-state index is 0.167. The van der Waals surface area contributed by atoms with Crippen molar-refractivity contribution in [1.82, 2.24) is 9.80 Å². The van der Waals surface area contributed by atoms with E-state index in [1.165, 1.54) is 0 Å². The van der Waals surface area contributed by atoms with Crippen LogP contribution in [-0.2, 0) is 19.2 Å². The molecule has 1 aliphatic heterocycles. The predicted molar refractivity (Wildman–Crippen MR) is 62.3 cm³/mol. The highest BCUT2D eigenvalue weighted by molar-refractivity contribution is 6.05. The molecule has 0 aromatic rings. The number of hydrogen-bond acceptors (Lipinski definition) is 5. The molecule has 0 aromatic heterocycles. The summed E-state index contributed by atoms with van der Waals surface area (Å²) in [4.78, 5) is 47.1. The van der Waals surface area contributed by atoms with Gasteiger partial charge in [0.2, 0.25) is 11.8 Å². The summed E-state index contributed by atoms with van der Waals surface area (Å²) in [7, 11) is 0. The van der Waals surface area contributed by atoms with E-state index in [1.807, 2.05) is 0 Å². The second-order valence-corrected chi connectivity index (χ2v) is 4.30. The number of carboxylic acid groups (broad SMARTS) is 2. The average molecular weight is 272 g/mol. The molecule has 106 valence electrons. The van der Waals surface area contributed by atoms with E-state index in [9.17, 15) is 19.2 Å². The Kier molecular flexibility index (Phi) is 4.99. The summed E-state index contributed by atoms with van der Waals surface area (Å²) in [6.07, 6.45) is 0.432. The fraction of sp³-hybridized carbons (Fsp3) is 0.636. The first-order chi connectivity index (χ1) is 8.86. The topological polar surface area (TPSA) is 115 Å². The van der Waals surface area contributed by atoms with Crippen LogP contribution in [-0.4, -0.2) is 69.4 Å². The van der Waals surface area contributed by atoms with E-state index in [0.717, 1.165) is 9.80 Å². The van der Waals surface area contributed by atoms with Gasteiger partial charge in [0, 0.05) is 6.54 Å². The Balaban J connectivity index is 2.85. The number of hydrogen-bond donors (Lipinski definition) is 2. The van der Waals surface area contributed by atoms with Crippen molar-refractivity contribution in [3.05, 3.63) is 0 Å². The third kappa shape index (κ3) is 3.75. The zero-order chi connectivity index (χ0) is 14.6. The van der Waals surface area contributed by atoms with Gasteiger partial charge in [-0.25, -0.2) is 0 Å². The van der Waals surface area contributed by atoms with Crippen LogP contribution in [0.5, 0.6) is 0 Å². The first-order valence-corrected chi connectivity index (χ1v) is 5.88. The molecule has 0 aromatic carbocycles. The molecule has 1 aliphatic rings. The van der Waals surface area contributed by atoms with Gasteiger partial charge in [0.05, 0.1) is 25.6 Å². The molecule has 2 amide bonds. The second-order valence-electron chi connectivity index (χ2n) is 4.30. The Bertz CT molecular complexity index is 392. The summed E-state index contributed by atoms with van der Waals surface area (Å²) >= 11 is 0. The number of aliphatic carboxylic acids is 2. The van der Waals surface area contributed by atoms with Crippen LogP contribution in [0.4, 0.5) is 0 Å². The quantitative estimate of drug-likeness (QED) is 0.571. The van der Waals surface area contributed by atoms with E-state index < -0.39 is 42.9 Å². The van der Waals surface area contributed by atoms with Crippen molar-refractivity contribution in [3.63, 3.8) is 0 Å². The van der Waals surface area contributed by atoms with Crippen LogP contribution < -0.4 is 0 Å². The van der Waals surface area contributed by atoms with E-state index in [4.69, 9.17) is 10.2 Å². The zero-order valence-corrected chi connectivity index (χ0v) is 10.5. The highest BCUT2D eigenvalue weighted by Crippen LogP contribution is 2.18. The second kappa shape index (κ2) is 6.28. The van der Waals surface area contributed by atoms with E-state index in [2.05, 4.69) is 0 Å². The predicted octanol–water partition coefficient (Wildman–Crippen LogP) is -1.00.